The van der Waals surface area contributed by atoms with E-state index in [9.17, 15) is 10.2 Å². The maximum Gasteiger partial charge on any atom is 0.0679 e. The predicted molar refractivity (Wildman–Crippen MR) is 78.9 cm³/mol. The summed E-state index contributed by atoms with van der Waals surface area (Å²) in [5, 5.41) is 20.5. The Balaban J connectivity index is 2.37. The van der Waals surface area contributed by atoms with Crippen molar-refractivity contribution in [1.82, 2.24) is 0 Å². The SMILES string of the molecule is CC[C@@]1(O)CC[C@H]2C(C)(C)CCCC2(C)[C@@H]1CCO. The van der Waals surface area contributed by atoms with Gasteiger partial charge in [-0.15, -0.1) is 0 Å². The first-order valence-electron chi connectivity index (χ1n) is 8.13. The van der Waals surface area contributed by atoms with Gasteiger partial charge < -0.3 is 10.2 Å². The monoisotopic (exact) mass is 268 g/mol. The van der Waals surface area contributed by atoms with E-state index in [0.717, 1.165) is 25.7 Å². The lowest BCUT2D eigenvalue weighted by Crippen LogP contribution is -2.58. The minimum absolute atomic E-state index is 0.202. The lowest BCUT2D eigenvalue weighted by molar-refractivity contribution is -0.180. The van der Waals surface area contributed by atoms with Gasteiger partial charge in [-0.25, -0.2) is 0 Å². The van der Waals surface area contributed by atoms with Crippen LogP contribution >= 0.6 is 0 Å². The van der Waals surface area contributed by atoms with Gasteiger partial charge in [0.25, 0.3) is 0 Å². The van der Waals surface area contributed by atoms with Gasteiger partial charge in [0.15, 0.2) is 0 Å². The van der Waals surface area contributed by atoms with Gasteiger partial charge in [-0.1, -0.05) is 34.1 Å². The van der Waals surface area contributed by atoms with Crippen molar-refractivity contribution in [3.8, 4) is 0 Å². The molecule has 0 bridgehead atoms. The Morgan fingerprint density at radius 2 is 1.79 bits per heavy atom. The van der Waals surface area contributed by atoms with Crippen LogP contribution in [0.5, 0.6) is 0 Å². The fourth-order valence-electron chi connectivity index (χ4n) is 5.64. The lowest BCUT2D eigenvalue weighted by atomic mass is 9.45. The topological polar surface area (TPSA) is 40.5 Å². The highest BCUT2D eigenvalue weighted by Crippen LogP contribution is 2.63. The molecule has 0 aromatic carbocycles. The van der Waals surface area contributed by atoms with Crippen LogP contribution < -0.4 is 0 Å². The van der Waals surface area contributed by atoms with Crippen molar-refractivity contribution in [1.29, 1.82) is 0 Å². The normalized spacial score (nSPS) is 45.8. The highest BCUT2D eigenvalue weighted by molar-refractivity contribution is 5.08. The third-order valence-electron chi connectivity index (χ3n) is 6.62. The van der Waals surface area contributed by atoms with Gasteiger partial charge in [-0.2, -0.15) is 0 Å². The Morgan fingerprint density at radius 3 is 2.37 bits per heavy atom. The van der Waals surface area contributed by atoms with E-state index in [1.807, 2.05) is 0 Å². The highest BCUT2D eigenvalue weighted by Gasteiger charge is 2.58. The zero-order valence-corrected chi connectivity index (χ0v) is 13.2. The van der Waals surface area contributed by atoms with Crippen LogP contribution in [-0.2, 0) is 0 Å². The number of hydrogen-bond acceptors (Lipinski definition) is 2. The molecule has 19 heavy (non-hydrogen) atoms. The Morgan fingerprint density at radius 1 is 1.11 bits per heavy atom. The zero-order chi connectivity index (χ0) is 14.3. The van der Waals surface area contributed by atoms with E-state index in [1.54, 1.807) is 0 Å². The summed E-state index contributed by atoms with van der Waals surface area (Å²) in [7, 11) is 0. The first kappa shape index (κ1) is 15.3. The molecule has 0 aromatic heterocycles. The summed E-state index contributed by atoms with van der Waals surface area (Å²) < 4.78 is 0. The highest BCUT2D eigenvalue weighted by atomic mass is 16.3. The van der Waals surface area contributed by atoms with Crippen molar-refractivity contribution in [2.45, 2.75) is 78.2 Å². The zero-order valence-electron chi connectivity index (χ0n) is 13.2. The molecule has 0 spiro atoms. The smallest absolute Gasteiger partial charge is 0.0679 e. The van der Waals surface area contributed by atoms with E-state index < -0.39 is 5.60 Å². The van der Waals surface area contributed by atoms with Gasteiger partial charge in [0.1, 0.15) is 0 Å². The van der Waals surface area contributed by atoms with E-state index in [2.05, 4.69) is 27.7 Å². The summed E-state index contributed by atoms with van der Waals surface area (Å²) in [5.41, 5.74) is 0.0324. The molecule has 2 heteroatoms. The number of rotatable bonds is 3. The molecule has 2 rings (SSSR count). The summed E-state index contributed by atoms with van der Waals surface area (Å²) in [4.78, 5) is 0. The molecule has 0 aromatic rings. The van der Waals surface area contributed by atoms with E-state index in [-0.39, 0.29) is 17.9 Å². The average Bonchev–Trinajstić information content (AvgIpc) is 2.33. The molecule has 0 aliphatic heterocycles. The molecule has 2 saturated carbocycles. The standard InChI is InChI=1S/C17H32O2/c1-5-17(19)11-7-13-15(2,3)9-6-10-16(13,4)14(17)8-12-18/h13-14,18-19H,5-12H2,1-4H3/t13-,14-,16?,17+/m0/s1. The third kappa shape index (κ3) is 2.35. The third-order valence-corrected chi connectivity index (χ3v) is 6.62. The molecule has 0 saturated heterocycles. The Labute approximate surface area is 118 Å². The second-order valence-corrected chi connectivity index (χ2v) is 7.96. The Kier molecular flexibility index (Phi) is 4.06. The minimum atomic E-state index is -0.554. The number of fused-ring (bicyclic) bond motifs is 1. The molecule has 2 aliphatic rings. The van der Waals surface area contributed by atoms with Crippen molar-refractivity contribution in [2.75, 3.05) is 6.61 Å². The molecule has 0 amide bonds. The Hall–Kier alpha value is -0.0800. The second-order valence-electron chi connectivity index (χ2n) is 7.96. The van der Waals surface area contributed by atoms with Gasteiger partial charge >= 0.3 is 0 Å². The maximum absolute atomic E-state index is 11.0. The average molecular weight is 268 g/mol. The number of aliphatic hydroxyl groups is 2. The molecule has 112 valence electrons. The van der Waals surface area contributed by atoms with Crippen LogP contribution in [0.2, 0.25) is 0 Å². The number of aliphatic hydroxyl groups excluding tert-OH is 1. The van der Waals surface area contributed by atoms with Crippen LogP contribution in [-0.4, -0.2) is 22.4 Å². The van der Waals surface area contributed by atoms with Crippen LogP contribution in [0.25, 0.3) is 0 Å². The molecule has 2 N–H and O–H groups in total. The van der Waals surface area contributed by atoms with E-state index in [1.165, 1.54) is 19.3 Å². The summed E-state index contributed by atoms with van der Waals surface area (Å²) in [6, 6.07) is 0. The number of hydrogen-bond donors (Lipinski definition) is 2. The minimum Gasteiger partial charge on any atom is -0.396 e. The predicted octanol–water partition coefficient (Wildman–Crippen LogP) is 3.75. The van der Waals surface area contributed by atoms with Crippen molar-refractivity contribution in [3.05, 3.63) is 0 Å². The van der Waals surface area contributed by atoms with E-state index in [4.69, 9.17) is 0 Å². The van der Waals surface area contributed by atoms with Gasteiger partial charge in [-0.05, 0) is 61.2 Å². The molecule has 2 fully saturated rings. The molecule has 2 nitrogen and oxygen atoms in total. The van der Waals surface area contributed by atoms with Crippen LogP contribution in [0.1, 0.15) is 72.6 Å². The fourth-order valence-corrected chi connectivity index (χ4v) is 5.64. The molecule has 4 atom stereocenters. The Bertz CT molecular complexity index is 325. The summed E-state index contributed by atoms with van der Waals surface area (Å²) in [6.45, 7) is 9.50. The summed E-state index contributed by atoms with van der Waals surface area (Å²) in [5.74, 6) is 0.949. The lowest BCUT2D eigenvalue weighted by Gasteiger charge is -2.61. The van der Waals surface area contributed by atoms with Gasteiger partial charge in [0.05, 0.1) is 5.60 Å². The van der Waals surface area contributed by atoms with Gasteiger partial charge in [0.2, 0.25) is 0 Å². The first-order chi connectivity index (χ1) is 8.80. The summed E-state index contributed by atoms with van der Waals surface area (Å²) >= 11 is 0. The van der Waals surface area contributed by atoms with Gasteiger partial charge in [0, 0.05) is 6.61 Å². The molecule has 0 radical (unpaired) electrons. The molecular weight excluding hydrogens is 236 g/mol. The molecular formula is C17H32O2. The fraction of sp³-hybridized carbons (Fsp3) is 1.00. The molecule has 1 unspecified atom stereocenters. The van der Waals surface area contributed by atoms with Crippen molar-refractivity contribution in [2.24, 2.45) is 22.7 Å². The maximum atomic E-state index is 11.0. The largest absolute Gasteiger partial charge is 0.396 e. The quantitative estimate of drug-likeness (QED) is 0.818. The van der Waals surface area contributed by atoms with Crippen molar-refractivity contribution < 1.29 is 10.2 Å². The second kappa shape index (κ2) is 5.04. The van der Waals surface area contributed by atoms with Gasteiger partial charge in [-0.3, -0.25) is 0 Å². The van der Waals surface area contributed by atoms with Crippen molar-refractivity contribution >= 4 is 0 Å². The molecule has 0 heterocycles. The summed E-state index contributed by atoms with van der Waals surface area (Å²) in [6.07, 6.45) is 7.43. The van der Waals surface area contributed by atoms with Crippen LogP contribution in [0.3, 0.4) is 0 Å². The van der Waals surface area contributed by atoms with Crippen LogP contribution in [0.4, 0.5) is 0 Å². The van der Waals surface area contributed by atoms with E-state index in [0.29, 0.717) is 11.3 Å². The first-order valence-corrected chi connectivity index (χ1v) is 8.13. The van der Waals surface area contributed by atoms with Crippen LogP contribution in [0, 0.1) is 22.7 Å². The molecule has 2 aliphatic carbocycles. The van der Waals surface area contributed by atoms with Crippen molar-refractivity contribution in [3.63, 3.8) is 0 Å². The van der Waals surface area contributed by atoms with E-state index >= 15 is 0 Å². The van der Waals surface area contributed by atoms with Crippen LogP contribution in [0.15, 0.2) is 0 Å².